The third-order valence-electron chi connectivity index (χ3n) is 3.96. The summed E-state index contributed by atoms with van der Waals surface area (Å²) in [6, 6.07) is 6.60. The summed E-state index contributed by atoms with van der Waals surface area (Å²) in [7, 11) is 0. The monoisotopic (exact) mass is 440 g/mol. The normalized spacial score (nSPS) is 11.6. The van der Waals surface area contributed by atoms with Crippen molar-refractivity contribution < 1.29 is 18.0 Å². The molecule has 1 aromatic carbocycles. The Labute approximate surface area is 174 Å². The van der Waals surface area contributed by atoms with Crippen LogP contribution in [0.3, 0.4) is 0 Å². The van der Waals surface area contributed by atoms with E-state index in [1.54, 1.807) is 11.3 Å². The molecule has 0 unspecified atom stereocenters. The number of thioether (sulfide) groups is 1. The van der Waals surface area contributed by atoms with E-state index in [2.05, 4.69) is 15.5 Å². The Kier molecular flexibility index (Phi) is 6.63. The van der Waals surface area contributed by atoms with Gasteiger partial charge in [0.1, 0.15) is 0 Å². The first-order chi connectivity index (χ1) is 13.8. The fraction of sp³-hybridized carbons (Fsp3) is 0.316. The van der Waals surface area contributed by atoms with Crippen molar-refractivity contribution in [2.24, 2.45) is 0 Å². The minimum absolute atomic E-state index is 0.0146. The lowest BCUT2D eigenvalue weighted by atomic mass is 10.2. The number of rotatable bonds is 7. The van der Waals surface area contributed by atoms with Crippen molar-refractivity contribution >= 4 is 34.7 Å². The molecular formula is C19H19F3N4OS2. The molecule has 0 aliphatic carbocycles. The molecule has 29 heavy (non-hydrogen) atoms. The highest BCUT2D eigenvalue weighted by molar-refractivity contribution is 7.99. The van der Waals surface area contributed by atoms with Crippen LogP contribution in [0.2, 0.25) is 0 Å². The summed E-state index contributed by atoms with van der Waals surface area (Å²) >= 11 is 2.83. The highest BCUT2D eigenvalue weighted by Crippen LogP contribution is 2.31. The van der Waals surface area contributed by atoms with E-state index in [4.69, 9.17) is 0 Å². The molecule has 3 aromatic rings. The van der Waals surface area contributed by atoms with Crippen molar-refractivity contribution in [2.75, 3.05) is 11.1 Å². The Bertz CT molecular complexity index is 998. The number of amides is 1. The van der Waals surface area contributed by atoms with Gasteiger partial charge in [-0.1, -0.05) is 24.8 Å². The SMILES string of the molecule is CCCn1c(SCC(=O)Nc2cccc(C(F)(F)F)c2)nnc1-c1csc(C)c1. The minimum atomic E-state index is -4.46. The lowest BCUT2D eigenvalue weighted by Gasteiger charge is -2.10. The van der Waals surface area contributed by atoms with E-state index in [0.717, 1.165) is 29.9 Å². The molecule has 3 rings (SSSR count). The van der Waals surface area contributed by atoms with E-state index >= 15 is 0 Å². The van der Waals surface area contributed by atoms with Crippen LogP contribution in [0.1, 0.15) is 23.8 Å². The smallest absolute Gasteiger partial charge is 0.325 e. The van der Waals surface area contributed by atoms with Gasteiger partial charge in [0.15, 0.2) is 11.0 Å². The van der Waals surface area contributed by atoms with Crippen molar-refractivity contribution in [3.63, 3.8) is 0 Å². The summed E-state index contributed by atoms with van der Waals surface area (Å²) in [4.78, 5) is 13.4. The number of carbonyl (C=O) groups is 1. The zero-order chi connectivity index (χ0) is 21.0. The Morgan fingerprint density at radius 1 is 1.28 bits per heavy atom. The second-order valence-electron chi connectivity index (χ2n) is 6.32. The van der Waals surface area contributed by atoms with Crippen LogP contribution in [0.25, 0.3) is 11.4 Å². The molecule has 10 heteroatoms. The maximum Gasteiger partial charge on any atom is 0.416 e. The molecule has 2 heterocycles. The summed E-state index contributed by atoms with van der Waals surface area (Å²) in [6.07, 6.45) is -3.58. The molecule has 0 aliphatic heterocycles. The number of hydrogen-bond acceptors (Lipinski definition) is 5. The highest BCUT2D eigenvalue weighted by atomic mass is 32.2. The molecule has 0 radical (unpaired) electrons. The largest absolute Gasteiger partial charge is 0.416 e. The van der Waals surface area contributed by atoms with Gasteiger partial charge in [-0.05, 0) is 37.6 Å². The van der Waals surface area contributed by atoms with Crippen LogP contribution < -0.4 is 5.32 Å². The molecule has 1 amide bonds. The molecular weight excluding hydrogens is 421 g/mol. The van der Waals surface area contributed by atoms with Crippen LogP contribution in [0, 0.1) is 6.92 Å². The predicted octanol–water partition coefficient (Wildman–Crippen LogP) is 5.47. The van der Waals surface area contributed by atoms with Crippen molar-refractivity contribution in [1.29, 1.82) is 0 Å². The number of carbonyl (C=O) groups excluding carboxylic acids is 1. The number of nitrogens with one attached hydrogen (secondary N) is 1. The number of anilines is 1. The summed E-state index contributed by atoms with van der Waals surface area (Å²) in [5.41, 5.74) is 0.282. The first kappa shape index (κ1) is 21.4. The Hall–Kier alpha value is -2.33. The maximum absolute atomic E-state index is 12.8. The second-order valence-corrected chi connectivity index (χ2v) is 8.38. The molecule has 0 spiro atoms. The van der Waals surface area contributed by atoms with Crippen molar-refractivity contribution in [3.8, 4) is 11.4 Å². The van der Waals surface area contributed by atoms with Gasteiger partial charge in [-0.2, -0.15) is 13.2 Å². The standard InChI is InChI=1S/C19H19F3N4OS2/c1-3-7-26-17(13-8-12(2)28-10-13)24-25-18(26)29-11-16(27)23-15-6-4-5-14(9-15)19(20,21)22/h4-6,8-10H,3,7,11H2,1-2H3,(H,23,27). The Morgan fingerprint density at radius 3 is 2.72 bits per heavy atom. The second kappa shape index (κ2) is 9.00. The van der Waals surface area contributed by atoms with Crippen LogP contribution in [0.5, 0.6) is 0 Å². The molecule has 0 saturated heterocycles. The lowest BCUT2D eigenvalue weighted by molar-refractivity contribution is -0.137. The Morgan fingerprint density at radius 2 is 2.07 bits per heavy atom. The molecule has 2 aromatic heterocycles. The summed E-state index contributed by atoms with van der Waals surface area (Å²) < 4.78 is 40.4. The van der Waals surface area contributed by atoms with Gasteiger partial charge in [-0.15, -0.1) is 21.5 Å². The fourth-order valence-electron chi connectivity index (χ4n) is 2.70. The van der Waals surface area contributed by atoms with E-state index in [1.165, 1.54) is 28.8 Å². The van der Waals surface area contributed by atoms with E-state index in [0.29, 0.717) is 11.7 Å². The van der Waals surface area contributed by atoms with Crippen molar-refractivity contribution in [2.45, 2.75) is 38.1 Å². The van der Waals surface area contributed by atoms with Gasteiger partial charge in [-0.3, -0.25) is 4.79 Å². The van der Waals surface area contributed by atoms with Crippen LogP contribution in [0.4, 0.5) is 18.9 Å². The molecule has 0 atom stereocenters. The topological polar surface area (TPSA) is 59.8 Å². The van der Waals surface area contributed by atoms with Gasteiger partial charge in [-0.25, -0.2) is 0 Å². The predicted molar refractivity (Wildman–Crippen MR) is 109 cm³/mol. The van der Waals surface area contributed by atoms with Gasteiger partial charge < -0.3 is 9.88 Å². The van der Waals surface area contributed by atoms with Crippen LogP contribution in [0.15, 0.2) is 40.9 Å². The summed E-state index contributed by atoms with van der Waals surface area (Å²) in [5, 5.41) is 13.6. The first-order valence-electron chi connectivity index (χ1n) is 8.86. The maximum atomic E-state index is 12.8. The van der Waals surface area contributed by atoms with Crippen LogP contribution >= 0.6 is 23.1 Å². The number of benzene rings is 1. The van der Waals surface area contributed by atoms with Gasteiger partial charge >= 0.3 is 6.18 Å². The minimum Gasteiger partial charge on any atom is -0.325 e. The number of alkyl halides is 3. The quantitative estimate of drug-likeness (QED) is 0.495. The zero-order valence-corrected chi connectivity index (χ0v) is 17.4. The van der Waals surface area contributed by atoms with Gasteiger partial charge in [0.05, 0.1) is 11.3 Å². The van der Waals surface area contributed by atoms with Crippen molar-refractivity contribution in [1.82, 2.24) is 14.8 Å². The molecule has 1 N–H and O–H groups in total. The Balaban J connectivity index is 1.68. The van der Waals surface area contributed by atoms with Gasteiger partial charge in [0.2, 0.25) is 5.91 Å². The molecule has 0 fully saturated rings. The molecule has 0 saturated carbocycles. The zero-order valence-electron chi connectivity index (χ0n) is 15.8. The molecule has 0 aliphatic rings. The molecule has 5 nitrogen and oxygen atoms in total. The number of thiophene rings is 1. The van der Waals surface area contributed by atoms with E-state index in [9.17, 15) is 18.0 Å². The van der Waals surface area contributed by atoms with Gasteiger partial charge in [0.25, 0.3) is 0 Å². The number of halogens is 3. The van der Waals surface area contributed by atoms with Gasteiger partial charge in [0, 0.05) is 28.1 Å². The van der Waals surface area contributed by atoms with E-state index in [-0.39, 0.29) is 11.4 Å². The van der Waals surface area contributed by atoms with Crippen LogP contribution in [-0.4, -0.2) is 26.4 Å². The van der Waals surface area contributed by atoms with Crippen LogP contribution in [-0.2, 0) is 17.5 Å². The number of nitrogens with zero attached hydrogens (tertiary/aromatic N) is 3. The summed E-state index contributed by atoms with van der Waals surface area (Å²) in [6.45, 7) is 4.76. The lowest BCUT2D eigenvalue weighted by Crippen LogP contribution is -2.15. The molecule has 154 valence electrons. The third kappa shape index (κ3) is 5.39. The van der Waals surface area contributed by atoms with E-state index in [1.807, 2.05) is 29.9 Å². The highest BCUT2D eigenvalue weighted by Gasteiger charge is 2.30. The summed E-state index contributed by atoms with van der Waals surface area (Å²) in [5.74, 6) is 0.353. The first-order valence-corrected chi connectivity index (χ1v) is 10.7. The number of aromatic nitrogens is 3. The number of hydrogen-bond donors (Lipinski definition) is 1. The fourth-order valence-corrected chi connectivity index (χ4v) is 4.14. The van der Waals surface area contributed by atoms with Crippen molar-refractivity contribution in [3.05, 3.63) is 46.2 Å². The average Bonchev–Trinajstić information content (AvgIpc) is 3.26. The average molecular weight is 441 g/mol. The molecule has 0 bridgehead atoms. The number of aryl methyl sites for hydroxylation is 1. The van der Waals surface area contributed by atoms with E-state index < -0.39 is 17.6 Å². The third-order valence-corrected chi connectivity index (χ3v) is 5.79.